The maximum absolute atomic E-state index is 11.7. The number of carbonyl (C=O) groups is 1. The summed E-state index contributed by atoms with van der Waals surface area (Å²) < 4.78 is 1.20. The summed E-state index contributed by atoms with van der Waals surface area (Å²) in [6.07, 6.45) is 1.86. The molecule has 2 aromatic carbocycles. The predicted octanol–water partition coefficient (Wildman–Crippen LogP) is 3.93. The molecule has 0 saturated heterocycles. The van der Waals surface area contributed by atoms with E-state index in [1.54, 1.807) is 11.3 Å². The first kappa shape index (κ1) is 12.6. The summed E-state index contributed by atoms with van der Waals surface area (Å²) in [5.74, 6) is -0.409. The largest absolute Gasteiger partial charge is 0.366 e. The molecular weight excluding hydrogens is 266 g/mol. The normalized spacial score (nSPS) is 11.7. The fourth-order valence-electron chi connectivity index (χ4n) is 2.13. The first-order valence-electron chi connectivity index (χ1n) is 6.29. The molecular formula is C17H13NOS. The van der Waals surface area contributed by atoms with Gasteiger partial charge >= 0.3 is 0 Å². The lowest BCUT2D eigenvalue weighted by Crippen LogP contribution is -2.12. The van der Waals surface area contributed by atoms with Crippen LogP contribution in [-0.2, 0) is 4.79 Å². The molecule has 0 spiro atoms. The highest BCUT2D eigenvalue weighted by Crippen LogP contribution is 2.28. The van der Waals surface area contributed by atoms with Gasteiger partial charge in [-0.3, -0.25) is 4.79 Å². The third-order valence-corrected chi connectivity index (χ3v) is 4.14. The van der Waals surface area contributed by atoms with Gasteiger partial charge in [0.2, 0.25) is 5.91 Å². The first-order valence-corrected chi connectivity index (χ1v) is 7.11. The van der Waals surface area contributed by atoms with E-state index in [4.69, 9.17) is 5.73 Å². The number of rotatable bonds is 3. The van der Waals surface area contributed by atoms with Crippen LogP contribution in [0.2, 0.25) is 0 Å². The van der Waals surface area contributed by atoms with Gasteiger partial charge in [-0.15, -0.1) is 11.3 Å². The molecule has 0 aliphatic rings. The second-order valence-corrected chi connectivity index (χ2v) is 5.59. The second-order valence-electron chi connectivity index (χ2n) is 4.47. The minimum absolute atomic E-state index is 0.409. The lowest BCUT2D eigenvalue weighted by Gasteiger charge is -2.02. The number of hydrogen-bond acceptors (Lipinski definition) is 2. The highest BCUT2D eigenvalue weighted by Gasteiger charge is 2.09. The maximum atomic E-state index is 11.7. The minimum Gasteiger partial charge on any atom is -0.366 e. The van der Waals surface area contributed by atoms with Crippen LogP contribution in [0.4, 0.5) is 0 Å². The Balaban J connectivity index is 2.09. The number of amides is 1. The Bertz CT molecular complexity index is 754. The van der Waals surface area contributed by atoms with Crippen molar-refractivity contribution in [1.29, 1.82) is 0 Å². The van der Waals surface area contributed by atoms with Gasteiger partial charge < -0.3 is 5.73 Å². The zero-order valence-corrected chi connectivity index (χ0v) is 11.6. The minimum atomic E-state index is -0.409. The monoisotopic (exact) mass is 279 g/mol. The molecule has 3 rings (SSSR count). The van der Waals surface area contributed by atoms with Crippen LogP contribution in [0, 0.1) is 0 Å². The number of carbonyl (C=O) groups excluding carboxylic acids is 1. The van der Waals surface area contributed by atoms with Crippen molar-refractivity contribution in [2.45, 2.75) is 0 Å². The standard InChI is InChI=1S/C17H13NOS/c18-17(19)15(12-6-2-1-3-7-12)11-14-10-13-8-4-5-9-16(13)20-14/h1-11H,(H2,18,19)/b15-11-. The van der Waals surface area contributed by atoms with Crippen molar-refractivity contribution in [3.63, 3.8) is 0 Å². The average molecular weight is 279 g/mol. The SMILES string of the molecule is NC(=O)/C(=C\c1cc2ccccc2s1)c1ccccc1. The summed E-state index contributed by atoms with van der Waals surface area (Å²) in [4.78, 5) is 12.7. The fraction of sp³-hybridized carbons (Fsp3) is 0. The van der Waals surface area contributed by atoms with Crippen molar-refractivity contribution >= 4 is 39.0 Å². The molecule has 2 N–H and O–H groups in total. The van der Waals surface area contributed by atoms with Crippen molar-refractivity contribution in [3.05, 3.63) is 71.1 Å². The van der Waals surface area contributed by atoms with Gasteiger partial charge in [0.25, 0.3) is 0 Å². The topological polar surface area (TPSA) is 43.1 Å². The van der Waals surface area contributed by atoms with Crippen molar-refractivity contribution in [3.8, 4) is 0 Å². The van der Waals surface area contributed by atoms with Gasteiger partial charge in [0.05, 0.1) is 0 Å². The van der Waals surface area contributed by atoms with Crippen LogP contribution < -0.4 is 5.73 Å². The lowest BCUT2D eigenvalue weighted by molar-refractivity contribution is -0.112. The third kappa shape index (κ3) is 2.49. The van der Waals surface area contributed by atoms with Crippen molar-refractivity contribution in [2.75, 3.05) is 0 Å². The molecule has 0 fully saturated rings. The number of hydrogen-bond donors (Lipinski definition) is 1. The van der Waals surface area contributed by atoms with E-state index in [1.807, 2.05) is 48.5 Å². The van der Waals surface area contributed by atoms with Crippen molar-refractivity contribution in [2.24, 2.45) is 5.73 Å². The summed E-state index contributed by atoms with van der Waals surface area (Å²) in [5, 5.41) is 1.18. The molecule has 1 heterocycles. The first-order chi connectivity index (χ1) is 9.74. The molecule has 0 atom stereocenters. The average Bonchev–Trinajstić information content (AvgIpc) is 2.88. The Hall–Kier alpha value is -2.39. The quantitative estimate of drug-likeness (QED) is 0.725. The Kier molecular flexibility index (Phi) is 3.35. The number of thiophene rings is 1. The maximum Gasteiger partial charge on any atom is 0.249 e. The number of benzene rings is 2. The molecule has 3 heteroatoms. The van der Waals surface area contributed by atoms with Gasteiger partial charge in [0.15, 0.2) is 0 Å². The van der Waals surface area contributed by atoms with Gasteiger partial charge in [-0.2, -0.15) is 0 Å². The second kappa shape index (κ2) is 5.31. The van der Waals surface area contributed by atoms with E-state index >= 15 is 0 Å². The highest BCUT2D eigenvalue weighted by atomic mass is 32.1. The Morgan fingerprint density at radius 3 is 2.40 bits per heavy atom. The molecule has 0 radical (unpaired) electrons. The van der Waals surface area contributed by atoms with Crippen LogP contribution in [0.15, 0.2) is 60.7 Å². The molecule has 20 heavy (non-hydrogen) atoms. The summed E-state index contributed by atoms with van der Waals surface area (Å²) in [6.45, 7) is 0. The fourth-order valence-corrected chi connectivity index (χ4v) is 3.14. The third-order valence-electron chi connectivity index (χ3n) is 3.08. The van der Waals surface area contributed by atoms with E-state index in [-0.39, 0.29) is 0 Å². The number of primary amides is 1. The summed E-state index contributed by atoms with van der Waals surface area (Å²) >= 11 is 1.65. The van der Waals surface area contributed by atoms with Gasteiger partial charge in [-0.05, 0) is 29.2 Å². The van der Waals surface area contributed by atoms with Crippen LogP contribution in [0.25, 0.3) is 21.7 Å². The highest BCUT2D eigenvalue weighted by molar-refractivity contribution is 7.19. The summed E-state index contributed by atoms with van der Waals surface area (Å²) in [7, 11) is 0. The molecule has 0 bridgehead atoms. The molecule has 1 amide bonds. The number of nitrogens with two attached hydrogens (primary N) is 1. The molecule has 0 saturated carbocycles. The van der Waals surface area contributed by atoms with Crippen LogP contribution in [0.5, 0.6) is 0 Å². The van der Waals surface area contributed by atoms with E-state index in [0.717, 1.165) is 10.4 Å². The summed E-state index contributed by atoms with van der Waals surface area (Å²) in [5.41, 5.74) is 6.89. The van der Waals surface area contributed by atoms with E-state index in [2.05, 4.69) is 18.2 Å². The Labute approximate surface area is 121 Å². The molecule has 1 aromatic heterocycles. The zero-order chi connectivity index (χ0) is 13.9. The van der Waals surface area contributed by atoms with Crippen molar-refractivity contribution < 1.29 is 4.79 Å². The van der Waals surface area contributed by atoms with Gasteiger partial charge in [0.1, 0.15) is 0 Å². The predicted molar refractivity (Wildman–Crippen MR) is 85.3 cm³/mol. The van der Waals surface area contributed by atoms with Gasteiger partial charge in [-0.25, -0.2) is 0 Å². The number of fused-ring (bicyclic) bond motifs is 1. The van der Waals surface area contributed by atoms with Gasteiger partial charge in [-0.1, -0.05) is 48.5 Å². The van der Waals surface area contributed by atoms with E-state index < -0.39 is 5.91 Å². The van der Waals surface area contributed by atoms with Crippen LogP contribution in [0.1, 0.15) is 10.4 Å². The summed E-state index contributed by atoms with van der Waals surface area (Å²) in [6, 6.07) is 19.7. The van der Waals surface area contributed by atoms with Gasteiger partial charge in [0, 0.05) is 15.2 Å². The smallest absolute Gasteiger partial charge is 0.249 e. The van der Waals surface area contributed by atoms with E-state index in [0.29, 0.717) is 5.57 Å². The zero-order valence-electron chi connectivity index (χ0n) is 10.7. The molecule has 0 aliphatic carbocycles. The van der Waals surface area contributed by atoms with Crippen LogP contribution >= 0.6 is 11.3 Å². The lowest BCUT2D eigenvalue weighted by atomic mass is 10.0. The molecule has 3 aromatic rings. The molecule has 0 aliphatic heterocycles. The van der Waals surface area contributed by atoms with E-state index in [9.17, 15) is 4.79 Å². The van der Waals surface area contributed by atoms with Crippen LogP contribution in [-0.4, -0.2) is 5.91 Å². The Morgan fingerprint density at radius 2 is 1.70 bits per heavy atom. The Morgan fingerprint density at radius 1 is 1.00 bits per heavy atom. The van der Waals surface area contributed by atoms with E-state index in [1.165, 1.54) is 10.1 Å². The van der Waals surface area contributed by atoms with Crippen molar-refractivity contribution in [1.82, 2.24) is 0 Å². The molecule has 98 valence electrons. The van der Waals surface area contributed by atoms with Crippen LogP contribution in [0.3, 0.4) is 0 Å². The molecule has 2 nitrogen and oxygen atoms in total. The molecule has 0 unspecified atom stereocenters.